The number of guanidine groups is 1. The molecule has 2 N–H and O–H groups in total. The van der Waals surface area contributed by atoms with E-state index in [1.807, 2.05) is 36.4 Å². The molecule has 0 heterocycles. The largest absolute Gasteiger partial charge is 0.352 e. The van der Waals surface area contributed by atoms with E-state index >= 15 is 0 Å². The molecule has 2 rings (SSSR count). The lowest BCUT2D eigenvalue weighted by atomic mass is 10.1. The lowest BCUT2D eigenvalue weighted by molar-refractivity contribution is 0.809. The average Bonchev–Trinajstić information content (AvgIpc) is 2.56. The third-order valence-corrected chi connectivity index (χ3v) is 3.04. The van der Waals surface area contributed by atoms with Crippen LogP contribution in [0.15, 0.2) is 59.6 Å². The summed E-state index contributed by atoms with van der Waals surface area (Å²) >= 11 is 0. The Kier molecular flexibility index (Phi) is 5.36. The fourth-order valence-corrected chi connectivity index (χ4v) is 1.94. The molecule has 106 valence electrons. The van der Waals surface area contributed by atoms with Crippen molar-refractivity contribution >= 4 is 5.96 Å². The van der Waals surface area contributed by atoms with Crippen LogP contribution in [-0.4, -0.2) is 13.0 Å². The van der Waals surface area contributed by atoms with E-state index in [-0.39, 0.29) is 0 Å². The quantitative estimate of drug-likeness (QED) is 0.667. The monoisotopic (exact) mass is 278 g/mol. The molecule has 21 heavy (non-hydrogen) atoms. The van der Waals surface area contributed by atoms with E-state index < -0.39 is 0 Å². The van der Waals surface area contributed by atoms with Gasteiger partial charge in [0.25, 0.3) is 0 Å². The van der Waals surface area contributed by atoms with Gasteiger partial charge in [-0.2, -0.15) is 5.26 Å². The molecule has 0 fully saturated rings. The van der Waals surface area contributed by atoms with Crippen LogP contribution in [0.1, 0.15) is 16.7 Å². The fraction of sp³-hybridized carbons (Fsp3) is 0.176. The minimum atomic E-state index is 0.629. The van der Waals surface area contributed by atoms with Gasteiger partial charge in [0.1, 0.15) is 0 Å². The summed E-state index contributed by atoms with van der Waals surface area (Å²) in [5, 5.41) is 15.4. The first-order chi connectivity index (χ1) is 10.3. The normalized spacial score (nSPS) is 10.8. The molecule has 4 heteroatoms. The topological polar surface area (TPSA) is 60.2 Å². The molecule has 0 aliphatic heterocycles. The smallest absolute Gasteiger partial charge is 0.191 e. The molecule has 0 amide bonds. The zero-order valence-electron chi connectivity index (χ0n) is 12.0. The fourth-order valence-electron chi connectivity index (χ4n) is 1.94. The highest BCUT2D eigenvalue weighted by atomic mass is 15.2. The predicted octanol–water partition coefficient (Wildman–Crippen LogP) is 2.42. The molecule has 2 aromatic rings. The Balaban J connectivity index is 1.87. The molecule has 0 radical (unpaired) electrons. The molecular formula is C17H18N4. The summed E-state index contributed by atoms with van der Waals surface area (Å²) in [5.41, 5.74) is 2.92. The van der Waals surface area contributed by atoms with Gasteiger partial charge >= 0.3 is 0 Å². The molecule has 0 aliphatic rings. The first-order valence-electron chi connectivity index (χ1n) is 6.79. The van der Waals surface area contributed by atoms with E-state index in [9.17, 15) is 0 Å². The Morgan fingerprint density at radius 3 is 2.33 bits per heavy atom. The second-order valence-corrected chi connectivity index (χ2v) is 4.58. The van der Waals surface area contributed by atoms with Crippen LogP contribution in [0, 0.1) is 11.3 Å². The van der Waals surface area contributed by atoms with Crippen LogP contribution in [0.4, 0.5) is 0 Å². The van der Waals surface area contributed by atoms with Crippen LogP contribution in [0.2, 0.25) is 0 Å². The second-order valence-electron chi connectivity index (χ2n) is 4.58. The highest BCUT2D eigenvalue weighted by Crippen LogP contribution is 2.03. The van der Waals surface area contributed by atoms with Crippen molar-refractivity contribution < 1.29 is 0 Å². The van der Waals surface area contributed by atoms with Crippen molar-refractivity contribution in [2.24, 2.45) is 4.99 Å². The SMILES string of the molecule is CN=C(NCc1ccccc1)NCc1cccc(C#N)c1. The van der Waals surface area contributed by atoms with Gasteiger partial charge in [-0.15, -0.1) is 0 Å². The first-order valence-corrected chi connectivity index (χ1v) is 6.79. The van der Waals surface area contributed by atoms with Crippen LogP contribution in [0.3, 0.4) is 0 Å². The number of nitriles is 1. The maximum atomic E-state index is 8.89. The third-order valence-electron chi connectivity index (χ3n) is 3.04. The molecule has 0 unspecified atom stereocenters. The van der Waals surface area contributed by atoms with Crippen molar-refractivity contribution in [1.82, 2.24) is 10.6 Å². The molecule has 2 aromatic carbocycles. The van der Waals surface area contributed by atoms with Gasteiger partial charge in [0.15, 0.2) is 5.96 Å². The average molecular weight is 278 g/mol. The van der Waals surface area contributed by atoms with E-state index in [0.29, 0.717) is 12.1 Å². The van der Waals surface area contributed by atoms with Crippen molar-refractivity contribution in [2.45, 2.75) is 13.1 Å². The summed E-state index contributed by atoms with van der Waals surface area (Å²) in [4.78, 5) is 4.19. The van der Waals surface area contributed by atoms with Gasteiger partial charge in [-0.3, -0.25) is 4.99 Å². The lowest BCUT2D eigenvalue weighted by Crippen LogP contribution is -2.36. The maximum absolute atomic E-state index is 8.89. The summed E-state index contributed by atoms with van der Waals surface area (Å²) in [7, 11) is 1.74. The van der Waals surface area contributed by atoms with E-state index in [0.717, 1.165) is 18.1 Å². The molecule has 0 aromatic heterocycles. The number of aliphatic imine (C=N–C) groups is 1. The van der Waals surface area contributed by atoms with Gasteiger partial charge in [-0.25, -0.2) is 0 Å². The highest BCUT2D eigenvalue weighted by Gasteiger charge is 1.99. The standard InChI is InChI=1S/C17H18N4/c1-19-17(20-12-14-6-3-2-4-7-14)21-13-16-9-5-8-15(10-16)11-18/h2-10H,12-13H2,1H3,(H2,19,20,21). The number of hydrogen-bond acceptors (Lipinski definition) is 2. The van der Waals surface area contributed by atoms with E-state index in [4.69, 9.17) is 5.26 Å². The number of nitrogens with zero attached hydrogens (tertiary/aromatic N) is 2. The summed E-state index contributed by atoms with van der Waals surface area (Å²) in [5.74, 6) is 0.737. The highest BCUT2D eigenvalue weighted by molar-refractivity contribution is 5.79. The molecule has 0 atom stereocenters. The van der Waals surface area contributed by atoms with E-state index in [1.54, 1.807) is 13.1 Å². The molecule has 4 nitrogen and oxygen atoms in total. The molecule has 0 saturated carbocycles. The number of hydrogen-bond donors (Lipinski definition) is 2. The van der Waals surface area contributed by atoms with Crippen molar-refractivity contribution in [1.29, 1.82) is 5.26 Å². The van der Waals surface area contributed by atoms with Crippen LogP contribution in [-0.2, 0) is 13.1 Å². The number of benzene rings is 2. The van der Waals surface area contributed by atoms with Gasteiger partial charge in [0.2, 0.25) is 0 Å². The minimum absolute atomic E-state index is 0.629. The summed E-state index contributed by atoms with van der Waals surface area (Å²) in [6.45, 7) is 1.35. The van der Waals surface area contributed by atoms with E-state index in [2.05, 4.69) is 33.8 Å². The zero-order chi connectivity index (χ0) is 14.9. The van der Waals surface area contributed by atoms with Gasteiger partial charge in [-0.05, 0) is 23.3 Å². The maximum Gasteiger partial charge on any atom is 0.191 e. The minimum Gasteiger partial charge on any atom is -0.352 e. The molecule has 0 spiro atoms. The summed E-state index contributed by atoms with van der Waals surface area (Å²) < 4.78 is 0. The van der Waals surface area contributed by atoms with Crippen molar-refractivity contribution in [2.75, 3.05) is 7.05 Å². The summed E-state index contributed by atoms with van der Waals surface area (Å²) in [6.07, 6.45) is 0. The van der Waals surface area contributed by atoms with Gasteiger partial charge < -0.3 is 10.6 Å². The Labute approximate surface area is 125 Å². The van der Waals surface area contributed by atoms with Crippen LogP contribution >= 0.6 is 0 Å². The van der Waals surface area contributed by atoms with Crippen molar-refractivity contribution in [3.63, 3.8) is 0 Å². The van der Waals surface area contributed by atoms with Gasteiger partial charge in [-0.1, -0.05) is 42.5 Å². The van der Waals surface area contributed by atoms with Gasteiger partial charge in [0, 0.05) is 20.1 Å². The lowest BCUT2D eigenvalue weighted by Gasteiger charge is -2.12. The number of rotatable bonds is 4. The van der Waals surface area contributed by atoms with Crippen LogP contribution < -0.4 is 10.6 Å². The predicted molar refractivity (Wildman–Crippen MR) is 84.6 cm³/mol. The Hall–Kier alpha value is -2.80. The Morgan fingerprint density at radius 2 is 1.67 bits per heavy atom. The van der Waals surface area contributed by atoms with E-state index in [1.165, 1.54) is 5.56 Å². The number of nitrogens with one attached hydrogen (secondary N) is 2. The molecule has 0 bridgehead atoms. The summed E-state index contributed by atoms with van der Waals surface area (Å²) in [6, 6.07) is 19.8. The molecular weight excluding hydrogens is 260 g/mol. The Bertz CT molecular complexity index is 641. The Morgan fingerprint density at radius 1 is 1.00 bits per heavy atom. The third kappa shape index (κ3) is 4.66. The first kappa shape index (κ1) is 14.6. The second kappa shape index (κ2) is 7.71. The zero-order valence-corrected chi connectivity index (χ0v) is 12.0. The molecule has 0 saturated heterocycles. The molecule has 0 aliphatic carbocycles. The van der Waals surface area contributed by atoms with Crippen LogP contribution in [0.5, 0.6) is 0 Å². The van der Waals surface area contributed by atoms with Gasteiger partial charge in [0.05, 0.1) is 11.6 Å². The van der Waals surface area contributed by atoms with Crippen molar-refractivity contribution in [3.8, 4) is 6.07 Å². The van der Waals surface area contributed by atoms with Crippen molar-refractivity contribution in [3.05, 3.63) is 71.3 Å². The van der Waals surface area contributed by atoms with Crippen LogP contribution in [0.25, 0.3) is 0 Å².